The number of ether oxygens (including phenoxy) is 3. The Labute approximate surface area is 498 Å². The fraction of sp³-hybridized carbons (Fsp3) is 0.851. The van der Waals surface area contributed by atoms with E-state index in [0.717, 1.165) is 77.0 Å². The monoisotopic (exact) mass is 1120 g/mol. The number of hydrogen-bond donors (Lipinski definition) is 0. The van der Waals surface area contributed by atoms with E-state index < -0.39 is 6.10 Å². The Morgan fingerprint density at radius 2 is 0.450 bits per heavy atom. The molecule has 0 aromatic heterocycles. The average Bonchev–Trinajstić information content (AvgIpc) is 3.46. The molecule has 0 radical (unpaired) electrons. The normalized spacial score (nSPS) is 12.3. The van der Waals surface area contributed by atoms with Crippen LogP contribution >= 0.6 is 0 Å². The summed E-state index contributed by atoms with van der Waals surface area (Å²) in [6, 6.07) is 0. The van der Waals surface area contributed by atoms with Crippen LogP contribution in [0.15, 0.2) is 48.6 Å². The predicted molar refractivity (Wildman–Crippen MR) is 349 cm³/mol. The van der Waals surface area contributed by atoms with E-state index in [9.17, 15) is 14.4 Å². The van der Waals surface area contributed by atoms with E-state index in [0.29, 0.717) is 19.3 Å². The van der Waals surface area contributed by atoms with Gasteiger partial charge in [-0.3, -0.25) is 14.4 Å². The molecule has 6 nitrogen and oxygen atoms in total. The molecule has 0 aliphatic carbocycles. The van der Waals surface area contributed by atoms with Crippen molar-refractivity contribution >= 4 is 17.9 Å². The van der Waals surface area contributed by atoms with Crippen LogP contribution in [-0.2, 0) is 28.6 Å². The fourth-order valence-corrected chi connectivity index (χ4v) is 10.7. The van der Waals surface area contributed by atoms with E-state index in [1.165, 1.54) is 270 Å². The lowest BCUT2D eigenvalue weighted by molar-refractivity contribution is -0.167. The molecule has 0 saturated heterocycles. The van der Waals surface area contributed by atoms with Crippen LogP contribution in [-0.4, -0.2) is 37.2 Å². The summed E-state index contributed by atoms with van der Waals surface area (Å²) in [6.07, 6.45) is 87.2. The first kappa shape index (κ1) is 77.4. The molecule has 0 aromatic carbocycles. The first-order valence-corrected chi connectivity index (χ1v) is 35.6. The molecule has 0 aromatic rings. The number of allylic oxidation sites excluding steroid dienone is 8. The van der Waals surface area contributed by atoms with Crippen molar-refractivity contribution in [3.05, 3.63) is 48.6 Å². The molecular formula is C74H136O6. The Kier molecular flexibility index (Phi) is 66.6. The summed E-state index contributed by atoms with van der Waals surface area (Å²) in [7, 11) is 0. The van der Waals surface area contributed by atoms with Crippen LogP contribution in [0, 0.1) is 0 Å². The fourth-order valence-electron chi connectivity index (χ4n) is 10.7. The van der Waals surface area contributed by atoms with E-state index in [2.05, 4.69) is 69.4 Å². The number of unbranched alkanes of at least 4 members (excludes halogenated alkanes) is 47. The number of rotatable bonds is 66. The highest BCUT2D eigenvalue weighted by Gasteiger charge is 2.19. The summed E-state index contributed by atoms with van der Waals surface area (Å²) in [6.45, 7) is 6.66. The van der Waals surface area contributed by atoms with Gasteiger partial charge in [-0.2, -0.15) is 0 Å². The third-order valence-corrected chi connectivity index (χ3v) is 16.1. The van der Waals surface area contributed by atoms with E-state index in [-0.39, 0.29) is 31.1 Å². The molecule has 6 heteroatoms. The van der Waals surface area contributed by atoms with Crippen LogP contribution in [0.4, 0.5) is 0 Å². The zero-order chi connectivity index (χ0) is 57.8. The molecule has 0 saturated carbocycles. The first-order chi connectivity index (χ1) is 39.5. The van der Waals surface area contributed by atoms with Gasteiger partial charge in [0.2, 0.25) is 0 Å². The van der Waals surface area contributed by atoms with Gasteiger partial charge in [0.05, 0.1) is 0 Å². The minimum absolute atomic E-state index is 0.0736. The number of hydrogen-bond acceptors (Lipinski definition) is 6. The second-order valence-corrected chi connectivity index (χ2v) is 24.1. The molecule has 1 unspecified atom stereocenters. The van der Waals surface area contributed by atoms with E-state index >= 15 is 0 Å². The maximum absolute atomic E-state index is 12.9. The van der Waals surface area contributed by atoms with Crippen LogP contribution < -0.4 is 0 Å². The Hall–Kier alpha value is -2.63. The number of carbonyl (C=O) groups excluding carboxylic acids is 3. The Bertz CT molecular complexity index is 1380. The smallest absolute Gasteiger partial charge is 0.306 e. The minimum Gasteiger partial charge on any atom is -0.462 e. The number of esters is 3. The van der Waals surface area contributed by atoms with Gasteiger partial charge in [0.1, 0.15) is 13.2 Å². The highest BCUT2D eigenvalue weighted by Crippen LogP contribution is 2.18. The van der Waals surface area contributed by atoms with Gasteiger partial charge >= 0.3 is 17.9 Å². The lowest BCUT2D eigenvalue weighted by Crippen LogP contribution is -2.30. The molecule has 0 fully saturated rings. The predicted octanol–water partition coefficient (Wildman–Crippen LogP) is 24.5. The van der Waals surface area contributed by atoms with Crippen molar-refractivity contribution in [2.24, 2.45) is 0 Å². The van der Waals surface area contributed by atoms with Gasteiger partial charge in [-0.1, -0.05) is 333 Å². The van der Waals surface area contributed by atoms with Crippen LogP contribution in [0.5, 0.6) is 0 Å². The summed E-state index contributed by atoms with van der Waals surface area (Å²) >= 11 is 0. The average molecular weight is 1120 g/mol. The topological polar surface area (TPSA) is 78.9 Å². The number of carbonyl (C=O) groups is 3. The molecule has 0 amide bonds. The zero-order valence-electron chi connectivity index (χ0n) is 53.9. The summed E-state index contributed by atoms with van der Waals surface area (Å²) < 4.78 is 17.0. The highest BCUT2D eigenvalue weighted by molar-refractivity contribution is 5.71. The van der Waals surface area contributed by atoms with Crippen molar-refractivity contribution in [3.63, 3.8) is 0 Å². The molecule has 0 heterocycles. The van der Waals surface area contributed by atoms with Crippen molar-refractivity contribution in [2.75, 3.05) is 13.2 Å². The van der Waals surface area contributed by atoms with Crippen LogP contribution in [0.2, 0.25) is 0 Å². The third-order valence-electron chi connectivity index (χ3n) is 16.1. The van der Waals surface area contributed by atoms with Crippen LogP contribution in [0.25, 0.3) is 0 Å². The van der Waals surface area contributed by atoms with Gasteiger partial charge < -0.3 is 14.2 Å². The Balaban J connectivity index is 4.15. The van der Waals surface area contributed by atoms with Crippen LogP contribution in [0.3, 0.4) is 0 Å². The zero-order valence-corrected chi connectivity index (χ0v) is 53.9. The quantitative estimate of drug-likeness (QED) is 0.0261. The highest BCUT2D eigenvalue weighted by atomic mass is 16.6. The molecule has 468 valence electrons. The second kappa shape index (κ2) is 68.9. The van der Waals surface area contributed by atoms with Crippen molar-refractivity contribution in [1.82, 2.24) is 0 Å². The van der Waals surface area contributed by atoms with Gasteiger partial charge in [0, 0.05) is 19.3 Å². The largest absolute Gasteiger partial charge is 0.462 e. The molecule has 0 aliphatic rings. The molecule has 0 spiro atoms. The summed E-state index contributed by atoms with van der Waals surface area (Å²) in [5.41, 5.74) is 0. The maximum Gasteiger partial charge on any atom is 0.306 e. The van der Waals surface area contributed by atoms with Crippen molar-refractivity contribution < 1.29 is 28.6 Å². The maximum atomic E-state index is 12.9. The molecular weight excluding hydrogens is 985 g/mol. The molecule has 80 heavy (non-hydrogen) atoms. The SMILES string of the molecule is CCCCC/C=C\C/C=C\C/C=C\CCCCCCCCC(=O)OC(COC(=O)CCCCCCCCCCCCCC)COC(=O)CCCCCCCCCCCCCCCCCCCCC/C=C\CCCCCCCCCC. The van der Waals surface area contributed by atoms with Crippen molar-refractivity contribution in [1.29, 1.82) is 0 Å². The van der Waals surface area contributed by atoms with E-state index in [4.69, 9.17) is 14.2 Å². The van der Waals surface area contributed by atoms with Gasteiger partial charge in [0.15, 0.2) is 6.10 Å². The molecule has 0 bridgehead atoms. The van der Waals surface area contributed by atoms with Crippen LogP contribution in [0.1, 0.15) is 387 Å². The molecule has 0 aliphatic heterocycles. The van der Waals surface area contributed by atoms with Crippen molar-refractivity contribution in [2.45, 2.75) is 393 Å². The van der Waals surface area contributed by atoms with Gasteiger partial charge in [-0.25, -0.2) is 0 Å². The van der Waals surface area contributed by atoms with Gasteiger partial charge in [-0.05, 0) is 83.5 Å². The minimum atomic E-state index is -0.778. The van der Waals surface area contributed by atoms with E-state index in [1.54, 1.807) is 0 Å². The third kappa shape index (κ3) is 66.2. The lowest BCUT2D eigenvalue weighted by Gasteiger charge is -2.18. The standard InChI is InChI=1S/C74H136O6/c1-4-7-10-13-16-19-22-25-27-29-31-32-33-34-35-36-37-38-39-40-41-42-44-45-47-49-52-55-58-61-64-67-73(76)79-70-71(69-78-72(75)66-63-60-57-54-51-24-21-18-15-12-9-6-3)80-74(77)68-65-62-59-56-53-50-48-46-43-30-28-26-23-20-17-14-11-8-5-2/h17,20,26,28-29,31,43,46,71H,4-16,18-19,21-25,27,30,32-42,44-45,47-70H2,1-3H3/b20-17-,28-26-,31-29-,46-43-. The van der Waals surface area contributed by atoms with Crippen molar-refractivity contribution in [3.8, 4) is 0 Å². The van der Waals surface area contributed by atoms with Gasteiger partial charge in [-0.15, -0.1) is 0 Å². The Morgan fingerprint density at radius 3 is 0.738 bits per heavy atom. The Morgan fingerprint density at radius 1 is 0.250 bits per heavy atom. The summed E-state index contributed by atoms with van der Waals surface area (Å²) in [5, 5.41) is 0. The van der Waals surface area contributed by atoms with E-state index in [1.807, 2.05) is 0 Å². The summed E-state index contributed by atoms with van der Waals surface area (Å²) in [4.78, 5) is 38.4. The first-order valence-electron chi connectivity index (χ1n) is 35.6. The molecule has 0 N–H and O–H groups in total. The summed E-state index contributed by atoms with van der Waals surface area (Å²) in [5.74, 6) is -0.862. The van der Waals surface area contributed by atoms with Gasteiger partial charge in [0.25, 0.3) is 0 Å². The molecule has 0 rings (SSSR count). The second-order valence-electron chi connectivity index (χ2n) is 24.1. The molecule has 1 atom stereocenters. The lowest BCUT2D eigenvalue weighted by atomic mass is 10.0.